The molecule has 1 aliphatic rings. The van der Waals surface area contributed by atoms with Gasteiger partial charge in [0.2, 0.25) is 0 Å². The van der Waals surface area contributed by atoms with Crippen molar-refractivity contribution in [3.8, 4) is 0 Å². The molecule has 0 saturated carbocycles. The van der Waals surface area contributed by atoms with Crippen LogP contribution < -0.4 is 0 Å². The Kier molecular flexibility index (Phi) is 6.11. The minimum absolute atomic E-state index is 0.377. The average Bonchev–Trinajstić information content (AvgIpc) is 2.16. The van der Waals surface area contributed by atoms with Gasteiger partial charge in [0.25, 0.3) is 0 Å². The minimum atomic E-state index is -1.25. The summed E-state index contributed by atoms with van der Waals surface area (Å²) in [5, 5.41) is 0. The predicted octanol–water partition coefficient (Wildman–Crippen LogP) is 2.13. The fourth-order valence-corrected chi connectivity index (χ4v) is 3.79. The third-order valence-corrected chi connectivity index (χ3v) is 4.86. The van der Waals surface area contributed by atoms with Crippen LogP contribution in [0.5, 0.6) is 0 Å². The van der Waals surface area contributed by atoms with Crippen molar-refractivity contribution in [1.82, 2.24) is 0 Å². The molecule has 1 heterocycles. The van der Waals surface area contributed by atoms with Gasteiger partial charge in [-0.2, -0.15) is 12.6 Å². The number of hydrogen-bond acceptors (Lipinski definition) is 3. The highest BCUT2D eigenvalue weighted by molar-refractivity contribution is 7.80. The van der Waals surface area contributed by atoms with Crippen LogP contribution in [0.15, 0.2) is 0 Å². The van der Waals surface area contributed by atoms with Crippen LogP contribution in [0.25, 0.3) is 0 Å². The highest BCUT2D eigenvalue weighted by atomic mass is 32.1. The summed E-state index contributed by atoms with van der Waals surface area (Å²) < 4.78 is 11.5. The van der Waals surface area contributed by atoms with Crippen molar-refractivity contribution < 1.29 is 8.85 Å². The number of thiol groups is 1. The van der Waals surface area contributed by atoms with Crippen molar-refractivity contribution in [3.05, 3.63) is 0 Å². The molecule has 0 amide bonds. The van der Waals surface area contributed by atoms with E-state index >= 15 is 0 Å². The molecule has 1 aliphatic heterocycles. The van der Waals surface area contributed by atoms with Crippen molar-refractivity contribution in [2.75, 3.05) is 12.4 Å². The number of rotatable bonds is 5. The van der Waals surface area contributed by atoms with E-state index < -0.39 is 9.28 Å². The van der Waals surface area contributed by atoms with Crippen LogP contribution in [0.1, 0.15) is 32.6 Å². The van der Waals surface area contributed by atoms with Gasteiger partial charge in [0.15, 0.2) is 0 Å². The van der Waals surface area contributed by atoms with Crippen molar-refractivity contribution in [3.63, 3.8) is 0 Å². The van der Waals surface area contributed by atoms with Crippen LogP contribution in [-0.4, -0.2) is 27.7 Å². The smallest absolute Gasteiger partial charge is 0.321 e. The Morgan fingerprint density at radius 1 is 1.54 bits per heavy atom. The monoisotopic (exact) mass is 220 g/mol. The van der Waals surface area contributed by atoms with Gasteiger partial charge in [-0.3, -0.25) is 0 Å². The van der Waals surface area contributed by atoms with Gasteiger partial charge in [-0.1, -0.05) is 0 Å². The molecule has 2 nitrogen and oxygen atoms in total. The van der Waals surface area contributed by atoms with E-state index in [9.17, 15) is 0 Å². The summed E-state index contributed by atoms with van der Waals surface area (Å²) in [6.45, 7) is 3.07. The van der Waals surface area contributed by atoms with Gasteiger partial charge in [0.1, 0.15) is 0 Å². The van der Waals surface area contributed by atoms with Crippen molar-refractivity contribution in [1.29, 1.82) is 0 Å². The van der Waals surface area contributed by atoms with E-state index in [2.05, 4.69) is 19.6 Å². The van der Waals surface area contributed by atoms with E-state index in [1.165, 1.54) is 18.9 Å². The molecule has 1 rings (SSSR count). The lowest BCUT2D eigenvalue weighted by molar-refractivity contribution is 0.128. The fraction of sp³-hybridized carbons (Fsp3) is 1.00. The lowest BCUT2D eigenvalue weighted by Crippen LogP contribution is -2.30. The highest BCUT2D eigenvalue weighted by Gasteiger charge is 2.19. The second-order valence-electron chi connectivity index (χ2n) is 3.61. The largest absolute Gasteiger partial charge is 0.397 e. The van der Waals surface area contributed by atoms with Gasteiger partial charge in [-0.15, -0.1) is 0 Å². The van der Waals surface area contributed by atoms with Crippen molar-refractivity contribution >= 4 is 21.9 Å². The molecular formula is C9H20O2SSi. The molecule has 0 radical (unpaired) electrons. The first-order valence-corrected chi connectivity index (χ1v) is 7.60. The van der Waals surface area contributed by atoms with Gasteiger partial charge in [0, 0.05) is 12.7 Å². The molecule has 0 spiro atoms. The van der Waals surface area contributed by atoms with Gasteiger partial charge >= 0.3 is 9.28 Å². The second-order valence-corrected chi connectivity index (χ2v) is 6.10. The first kappa shape index (κ1) is 11.6. The predicted molar refractivity (Wildman–Crippen MR) is 60.8 cm³/mol. The quantitative estimate of drug-likeness (QED) is 0.565. The SMILES string of the molecule is CC(CCCS)O[SiH]1CCCCO1. The third kappa shape index (κ3) is 5.05. The van der Waals surface area contributed by atoms with Crippen LogP contribution in [0.2, 0.25) is 6.04 Å². The van der Waals surface area contributed by atoms with E-state index in [0.29, 0.717) is 6.10 Å². The number of hydrogen-bond donors (Lipinski definition) is 1. The normalized spacial score (nSPS) is 25.8. The maximum Gasteiger partial charge on any atom is 0.321 e. The molecular weight excluding hydrogens is 200 g/mol. The molecule has 1 fully saturated rings. The van der Waals surface area contributed by atoms with E-state index in [-0.39, 0.29) is 0 Å². The van der Waals surface area contributed by atoms with Gasteiger partial charge in [-0.25, -0.2) is 0 Å². The molecule has 2 unspecified atom stereocenters. The molecule has 13 heavy (non-hydrogen) atoms. The first-order chi connectivity index (χ1) is 6.33. The van der Waals surface area contributed by atoms with E-state index in [1.807, 2.05) is 0 Å². The van der Waals surface area contributed by atoms with Crippen molar-refractivity contribution in [2.24, 2.45) is 0 Å². The molecule has 0 aromatic rings. The Morgan fingerprint density at radius 3 is 3.00 bits per heavy atom. The summed E-state index contributed by atoms with van der Waals surface area (Å²) in [6, 6.07) is 1.20. The molecule has 1 saturated heterocycles. The van der Waals surface area contributed by atoms with Gasteiger partial charge in [-0.05, 0) is 44.4 Å². The zero-order chi connectivity index (χ0) is 9.52. The maximum absolute atomic E-state index is 5.88. The van der Waals surface area contributed by atoms with Crippen molar-refractivity contribution in [2.45, 2.75) is 44.8 Å². The zero-order valence-electron chi connectivity index (χ0n) is 8.37. The molecule has 0 aliphatic carbocycles. The Balaban J connectivity index is 2.07. The molecule has 2 atom stereocenters. The Bertz CT molecular complexity index is 129. The summed E-state index contributed by atoms with van der Waals surface area (Å²) in [5.41, 5.74) is 0. The van der Waals surface area contributed by atoms with E-state index in [0.717, 1.165) is 25.2 Å². The summed E-state index contributed by atoms with van der Waals surface area (Å²) >= 11 is 4.19. The van der Waals surface area contributed by atoms with Crippen LogP contribution in [-0.2, 0) is 8.85 Å². The van der Waals surface area contributed by atoms with Crippen LogP contribution in [0, 0.1) is 0 Å². The maximum atomic E-state index is 5.88. The Morgan fingerprint density at radius 2 is 2.38 bits per heavy atom. The Hall–Kier alpha value is 0.487. The standard InChI is InChI=1S/C9H20O2SSi/c1-9(5-4-7-12)11-13-8-3-2-6-10-13/h9,12-13H,2-8H2,1H3. The van der Waals surface area contributed by atoms with Crippen LogP contribution in [0.4, 0.5) is 0 Å². The minimum Gasteiger partial charge on any atom is -0.397 e. The van der Waals surface area contributed by atoms with Crippen LogP contribution >= 0.6 is 12.6 Å². The molecule has 78 valence electrons. The van der Waals surface area contributed by atoms with Gasteiger partial charge in [0.05, 0.1) is 0 Å². The summed E-state index contributed by atoms with van der Waals surface area (Å²) in [6.07, 6.45) is 5.16. The summed E-state index contributed by atoms with van der Waals surface area (Å²) in [7, 11) is -1.25. The average molecular weight is 220 g/mol. The lowest BCUT2D eigenvalue weighted by Gasteiger charge is -2.24. The molecule has 0 aromatic carbocycles. The lowest BCUT2D eigenvalue weighted by atomic mass is 10.2. The Labute approximate surface area is 88.3 Å². The topological polar surface area (TPSA) is 18.5 Å². The second kappa shape index (κ2) is 6.87. The molecule has 0 bridgehead atoms. The highest BCUT2D eigenvalue weighted by Crippen LogP contribution is 2.14. The van der Waals surface area contributed by atoms with Gasteiger partial charge < -0.3 is 8.85 Å². The molecule has 4 heteroatoms. The van der Waals surface area contributed by atoms with Crippen LogP contribution in [0.3, 0.4) is 0 Å². The third-order valence-electron chi connectivity index (χ3n) is 2.29. The first-order valence-electron chi connectivity index (χ1n) is 5.21. The van der Waals surface area contributed by atoms with E-state index in [1.54, 1.807) is 0 Å². The zero-order valence-corrected chi connectivity index (χ0v) is 10.4. The molecule has 0 aromatic heterocycles. The van der Waals surface area contributed by atoms with E-state index in [4.69, 9.17) is 8.85 Å². The summed E-state index contributed by atoms with van der Waals surface area (Å²) in [4.78, 5) is 0. The summed E-state index contributed by atoms with van der Waals surface area (Å²) in [5.74, 6) is 0.959. The molecule has 0 N–H and O–H groups in total. The fourth-order valence-electron chi connectivity index (χ4n) is 1.52.